The third kappa shape index (κ3) is 5.31. The highest BCUT2D eigenvalue weighted by Crippen LogP contribution is 2.18. The van der Waals surface area contributed by atoms with Crippen molar-refractivity contribution in [2.24, 2.45) is 0 Å². The first-order chi connectivity index (χ1) is 12.5. The van der Waals surface area contributed by atoms with Gasteiger partial charge in [0.15, 0.2) is 6.10 Å². The number of aromatic nitrogens is 1. The van der Waals surface area contributed by atoms with Crippen LogP contribution in [-0.2, 0) is 9.53 Å². The minimum absolute atomic E-state index is 0.113. The van der Waals surface area contributed by atoms with Crippen LogP contribution in [0.3, 0.4) is 0 Å². The molecule has 1 amide bonds. The molecule has 2 atom stereocenters. The lowest BCUT2D eigenvalue weighted by Gasteiger charge is -2.21. The molecule has 138 valence electrons. The molecule has 1 N–H and O–H groups in total. The van der Waals surface area contributed by atoms with Crippen molar-refractivity contribution in [2.75, 3.05) is 7.11 Å². The van der Waals surface area contributed by atoms with E-state index in [9.17, 15) is 9.59 Å². The smallest absolute Gasteiger partial charge is 0.340 e. The zero-order chi connectivity index (χ0) is 18.9. The van der Waals surface area contributed by atoms with Gasteiger partial charge in [0, 0.05) is 12.3 Å². The summed E-state index contributed by atoms with van der Waals surface area (Å²) in [6.07, 6.45) is 2.17. The lowest BCUT2D eigenvalue weighted by atomic mass is 10.0. The van der Waals surface area contributed by atoms with Crippen LogP contribution in [-0.4, -0.2) is 30.1 Å². The first kappa shape index (κ1) is 19.4. The fraction of sp³-hybridized carbons (Fsp3) is 0.350. The molecule has 6 nitrogen and oxygen atoms in total. The van der Waals surface area contributed by atoms with Crippen LogP contribution < -0.4 is 10.1 Å². The van der Waals surface area contributed by atoms with E-state index in [4.69, 9.17) is 9.47 Å². The Balaban J connectivity index is 1.97. The number of hydrogen-bond donors (Lipinski definition) is 1. The van der Waals surface area contributed by atoms with E-state index in [0.29, 0.717) is 5.88 Å². The molecule has 0 saturated carbocycles. The zero-order valence-corrected chi connectivity index (χ0v) is 15.3. The summed E-state index contributed by atoms with van der Waals surface area (Å²) in [4.78, 5) is 28.6. The van der Waals surface area contributed by atoms with E-state index in [2.05, 4.69) is 17.2 Å². The van der Waals surface area contributed by atoms with Gasteiger partial charge in [-0.15, -0.1) is 0 Å². The average Bonchev–Trinajstić information content (AvgIpc) is 2.68. The molecule has 1 heterocycles. The van der Waals surface area contributed by atoms with Gasteiger partial charge < -0.3 is 14.8 Å². The molecule has 0 saturated heterocycles. The molecule has 0 aliphatic carbocycles. The van der Waals surface area contributed by atoms with Gasteiger partial charge in [-0.3, -0.25) is 4.79 Å². The van der Waals surface area contributed by atoms with Crippen LogP contribution in [0.2, 0.25) is 0 Å². The Bertz CT molecular complexity index is 716. The summed E-state index contributed by atoms with van der Waals surface area (Å²) in [5.41, 5.74) is 1.29. The van der Waals surface area contributed by atoms with Crippen molar-refractivity contribution in [1.29, 1.82) is 0 Å². The van der Waals surface area contributed by atoms with Gasteiger partial charge >= 0.3 is 5.97 Å². The Morgan fingerprint density at radius 3 is 2.46 bits per heavy atom. The van der Waals surface area contributed by atoms with Gasteiger partial charge in [-0.2, -0.15) is 0 Å². The predicted octanol–water partition coefficient (Wildman–Crippen LogP) is 3.29. The maximum absolute atomic E-state index is 12.4. The first-order valence-electron chi connectivity index (χ1n) is 8.61. The van der Waals surface area contributed by atoms with Crippen molar-refractivity contribution in [1.82, 2.24) is 10.3 Å². The summed E-state index contributed by atoms with van der Waals surface area (Å²) >= 11 is 0. The molecular formula is C20H24N2O4. The molecule has 26 heavy (non-hydrogen) atoms. The Morgan fingerprint density at radius 1 is 1.15 bits per heavy atom. The molecule has 0 spiro atoms. The molecule has 6 heteroatoms. The number of hydrogen-bond acceptors (Lipinski definition) is 5. The van der Waals surface area contributed by atoms with Crippen LogP contribution in [0.25, 0.3) is 0 Å². The number of amides is 1. The molecule has 2 unspecified atom stereocenters. The third-order valence-corrected chi connectivity index (χ3v) is 3.93. The van der Waals surface area contributed by atoms with E-state index < -0.39 is 12.1 Å². The van der Waals surface area contributed by atoms with Crippen LogP contribution in [0.15, 0.2) is 48.7 Å². The van der Waals surface area contributed by atoms with Gasteiger partial charge in [-0.05, 0) is 25.0 Å². The second-order valence-corrected chi connectivity index (χ2v) is 5.90. The van der Waals surface area contributed by atoms with E-state index in [0.717, 1.165) is 18.4 Å². The van der Waals surface area contributed by atoms with Crippen LogP contribution in [0.1, 0.15) is 48.7 Å². The van der Waals surface area contributed by atoms with Crippen LogP contribution >= 0.6 is 0 Å². The Labute approximate surface area is 153 Å². The van der Waals surface area contributed by atoms with E-state index >= 15 is 0 Å². The number of benzene rings is 1. The molecule has 0 fully saturated rings. The highest BCUT2D eigenvalue weighted by molar-refractivity contribution is 5.92. The second-order valence-electron chi connectivity index (χ2n) is 5.90. The van der Waals surface area contributed by atoms with Gasteiger partial charge in [0.2, 0.25) is 5.88 Å². The Kier molecular flexibility index (Phi) is 7.14. The van der Waals surface area contributed by atoms with Gasteiger partial charge in [0.1, 0.15) is 0 Å². The SMILES string of the molecule is CCCC(NC(=O)C(C)OC(=O)c1ccc(OC)nc1)c1ccccc1. The number of esters is 1. The number of nitrogens with one attached hydrogen (secondary N) is 1. The third-order valence-electron chi connectivity index (χ3n) is 3.93. The molecule has 0 radical (unpaired) electrons. The highest BCUT2D eigenvalue weighted by Gasteiger charge is 2.22. The molecular weight excluding hydrogens is 332 g/mol. The topological polar surface area (TPSA) is 77.5 Å². The summed E-state index contributed by atoms with van der Waals surface area (Å²) in [5.74, 6) is -0.533. The quantitative estimate of drug-likeness (QED) is 0.735. The van der Waals surface area contributed by atoms with E-state index in [-0.39, 0.29) is 17.5 Å². The molecule has 2 aromatic rings. The largest absolute Gasteiger partial charge is 0.481 e. The summed E-state index contributed by atoms with van der Waals surface area (Å²) in [7, 11) is 1.49. The Hall–Kier alpha value is -2.89. The molecule has 1 aromatic heterocycles. The van der Waals surface area contributed by atoms with Crippen molar-refractivity contribution in [3.8, 4) is 5.88 Å². The van der Waals surface area contributed by atoms with Gasteiger partial charge in [0.25, 0.3) is 5.91 Å². The predicted molar refractivity (Wildman–Crippen MR) is 97.9 cm³/mol. The summed E-state index contributed by atoms with van der Waals surface area (Å²) in [6, 6.07) is 12.7. The zero-order valence-electron chi connectivity index (χ0n) is 15.3. The van der Waals surface area contributed by atoms with Crippen LogP contribution in [0, 0.1) is 0 Å². The first-order valence-corrected chi connectivity index (χ1v) is 8.61. The Morgan fingerprint density at radius 2 is 1.88 bits per heavy atom. The number of carbonyl (C=O) groups excluding carboxylic acids is 2. The monoisotopic (exact) mass is 356 g/mol. The fourth-order valence-corrected chi connectivity index (χ4v) is 2.49. The van der Waals surface area contributed by atoms with Crippen molar-refractivity contribution >= 4 is 11.9 Å². The molecule has 0 aliphatic rings. The normalized spacial score (nSPS) is 12.7. The van der Waals surface area contributed by atoms with E-state index in [1.165, 1.54) is 13.3 Å². The lowest BCUT2D eigenvalue weighted by molar-refractivity contribution is -0.129. The maximum atomic E-state index is 12.4. The maximum Gasteiger partial charge on any atom is 0.340 e. The number of nitrogens with zero attached hydrogens (tertiary/aromatic N) is 1. The van der Waals surface area contributed by atoms with Gasteiger partial charge in [-0.1, -0.05) is 43.7 Å². The summed E-state index contributed by atoms with van der Waals surface area (Å²) in [5, 5.41) is 2.96. The molecule has 0 bridgehead atoms. The lowest BCUT2D eigenvalue weighted by Crippen LogP contribution is -2.38. The average molecular weight is 356 g/mol. The number of carbonyl (C=O) groups is 2. The van der Waals surface area contributed by atoms with E-state index in [1.807, 2.05) is 30.3 Å². The minimum atomic E-state index is -0.910. The van der Waals surface area contributed by atoms with Gasteiger partial charge in [0.05, 0.1) is 18.7 Å². The molecule has 0 aliphatic heterocycles. The number of methoxy groups -OCH3 is 1. The number of ether oxygens (including phenoxy) is 2. The summed E-state index contributed by atoms with van der Waals surface area (Å²) < 4.78 is 10.2. The van der Waals surface area contributed by atoms with Gasteiger partial charge in [-0.25, -0.2) is 9.78 Å². The van der Waals surface area contributed by atoms with Crippen molar-refractivity contribution in [2.45, 2.75) is 38.8 Å². The van der Waals surface area contributed by atoms with E-state index in [1.54, 1.807) is 19.1 Å². The number of pyridine rings is 1. The van der Waals surface area contributed by atoms with Crippen molar-refractivity contribution in [3.05, 3.63) is 59.8 Å². The van der Waals surface area contributed by atoms with Crippen molar-refractivity contribution < 1.29 is 19.1 Å². The standard InChI is InChI=1S/C20H24N2O4/c1-4-8-17(15-9-6-5-7-10-15)22-19(23)14(2)26-20(24)16-11-12-18(25-3)21-13-16/h5-7,9-14,17H,4,8H2,1-3H3,(H,22,23). The number of rotatable bonds is 8. The molecule has 2 rings (SSSR count). The summed E-state index contributed by atoms with van der Waals surface area (Å²) in [6.45, 7) is 3.61. The molecule has 1 aromatic carbocycles. The highest BCUT2D eigenvalue weighted by atomic mass is 16.5. The minimum Gasteiger partial charge on any atom is -0.481 e. The van der Waals surface area contributed by atoms with Crippen LogP contribution in [0.5, 0.6) is 5.88 Å². The van der Waals surface area contributed by atoms with Crippen LogP contribution in [0.4, 0.5) is 0 Å². The fourth-order valence-electron chi connectivity index (χ4n) is 2.49. The van der Waals surface area contributed by atoms with Crippen molar-refractivity contribution in [3.63, 3.8) is 0 Å². The second kappa shape index (κ2) is 9.56.